The molecule has 1 aromatic rings. The van der Waals surface area contributed by atoms with E-state index < -0.39 is 23.1 Å². The van der Waals surface area contributed by atoms with Crippen molar-refractivity contribution in [2.45, 2.75) is 13.8 Å². The van der Waals surface area contributed by atoms with Gasteiger partial charge in [0.25, 0.3) is 5.91 Å². The Labute approximate surface area is 104 Å². The lowest BCUT2D eigenvalue weighted by Gasteiger charge is -2.19. The van der Waals surface area contributed by atoms with Crippen LogP contribution in [0.1, 0.15) is 24.2 Å². The number of anilines is 1. The first-order chi connectivity index (χ1) is 8.24. The van der Waals surface area contributed by atoms with Crippen LogP contribution in [0.3, 0.4) is 0 Å². The van der Waals surface area contributed by atoms with E-state index in [9.17, 15) is 14.0 Å². The molecule has 0 heterocycles. The summed E-state index contributed by atoms with van der Waals surface area (Å²) in [6.45, 7) is 2.88. The van der Waals surface area contributed by atoms with Gasteiger partial charge in [0, 0.05) is 12.2 Å². The fourth-order valence-electron chi connectivity index (χ4n) is 1.20. The third-order valence-corrected chi connectivity index (χ3v) is 2.53. The Hall–Kier alpha value is -2.11. The number of rotatable bonds is 4. The van der Waals surface area contributed by atoms with Gasteiger partial charge in [0.1, 0.15) is 5.82 Å². The Balaban J connectivity index is 2.78. The number of hydrogen-bond donors (Lipinski definition) is 3. The molecule has 0 spiro atoms. The van der Waals surface area contributed by atoms with E-state index in [4.69, 9.17) is 10.8 Å². The number of nitrogen functional groups attached to an aromatic ring is 1. The molecular formula is C12H15FN2O3. The highest BCUT2D eigenvalue weighted by molar-refractivity contribution is 5.99. The van der Waals surface area contributed by atoms with Crippen molar-refractivity contribution in [2.24, 2.45) is 5.41 Å². The highest BCUT2D eigenvalue weighted by Crippen LogP contribution is 2.16. The molecule has 1 rings (SSSR count). The number of carboxylic acids is 1. The van der Waals surface area contributed by atoms with Gasteiger partial charge in [-0.15, -0.1) is 0 Å². The van der Waals surface area contributed by atoms with E-state index in [2.05, 4.69) is 5.32 Å². The number of benzene rings is 1. The van der Waals surface area contributed by atoms with E-state index in [1.54, 1.807) is 0 Å². The van der Waals surface area contributed by atoms with Crippen molar-refractivity contribution >= 4 is 17.6 Å². The molecule has 0 radical (unpaired) electrons. The van der Waals surface area contributed by atoms with Gasteiger partial charge >= 0.3 is 5.97 Å². The molecule has 0 aliphatic heterocycles. The predicted octanol–water partition coefficient (Wildman–Crippen LogP) is 1.25. The number of amides is 1. The summed E-state index contributed by atoms with van der Waals surface area (Å²) >= 11 is 0. The summed E-state index contributed by atoms with van der Waals surface area (Å²) in [5.74, 6) is -2.21. The number of halogens is 1. The number of carbonyl (C=O) groups is 2. The maximum atomic E-state index is 13.0. The van der Waals surface area contributed by atoms with Crippen LogP contribution in [0.15, 0.2) is 18.2 Å². The molecule has 0 saturated carbocycles. The molecular weight excluding hydrogens is 239 g/mol. The van der Waals surface area contributed by atoms with Gasteiger partial charge in [-0.25, -0.2) is 4.39 Å². The van der Waals surface area contributed by atoms with Crippen LogP contribution in [0.5, 0.6) is 0 Å². The molecule has 0 aliphatic rings. The zero-order valence-electron chi connectivity index (χ0n) is 10.2. The molecule has 1 aromatic carbocycles. The Morgan fingerprint density at radius 2 is 2.06 bits per heavy atom. The van der Waals surface area contributed by atoms with Gasteiger partial charge < -0.3 is 16.2 Å². The minimum atomic E-state index is -1.10. The van der Waals surface area contributed by atoms with Gasteiger partial charge in [0.15, 0.2) is 0 Å². The summed E-state index contributed by atoms with van der Waals surface area (Å²) in [4.78, 5) is 22.6. The van der Waals surface area contributed by atoms with E-state index >= 15 is 0 Å². The summed E-state index contributed by atoms with van der Waals surface area (Å²) in [7, 11) is 0. The first-order valence-corrected chi connectivity index (χ1v) is 5.30. The van der Waals surface area contributed by atoms with Crippen LogP contribution < -0.4 is 11.1 Å². The number of nitrogens with two attached hydrogens (primary N) is 1. The maximum Gasteiger partial charge on any atom is 0.310 e. The van der Waals surface area contributed by atoms with Gasteiger partial charge in [0.2, 0.25) is 0 Å². The van der Waals surface area contributed by atoms with Crippen LogP contribution in [0.25, 0.3) is 0 Å². The maximum absolute atomic E-state index is 13.0. The highest BCUT2D eigenvalue weighted by atomic mass is 19.1. The van der Waals surface area contributed by atoms with Crippen LogP contribution in [0.4, 0.5) is 10.1 Å². The number of nitrogens with one attached hydrogen (secondary N) is 1. The van der Waals surface area contributed by atoms with Crippen LogP contribution in [0, 0.1) is 11.2 Å². The Kier molecular flexibility index (Phi) is 3.90. The van der Waals surface area contributed by atoms with Crippen LogP contribution >= 0.6 is 0 Å². The summed E-state index contributed by atoms with van der Waals surface area (Å²) in [5, 5.41) is 11.3. The predicted molar refractivity (Wildman–Crippen MR) is 64.6 cm³/mol. The molecule has 5 nitrogen and oxygen atoms in total. The highest BCUT2D eigenvalue weighted by Gasteiger charge is 2.27. The third-order valence-electron chi connectivity index (χ3n) is 2.53. The number of carboxylic acid groups (broad SMARTS) is 1. The molecule has 1 amide bonds. The first-order valence-electron chi connectivity index (χ1n) is 5.30. The molecule has 6 heteroatoms. The van der Waals surface area contributed by atoms with Crippen molar-refractivity contribution in [3.8, 4) is 0 Å². The Morgan fingerprint density at radius 1 is 1.44 bits per heavy atom. The second kappa shape index (κ2) is 5.03. The SMILES string of the molecule is CC(C)(CNC(=O)c1cc(F)ccc1N)C(=O)O. The van der Waals surface area contributed by atoms with Crippen molar-refractivity contribution < 1.29 is 19.1 Å². The number of hydrogen-bond acceptors (Lipinski definition) is 3. The van der Waals surface area contributed by atoms with Crippen molar-refractivity contribution in [3.05, 3.63) is 29.6 Å². The number of aliphatic carboxylic acids is 1. The lowest BCUT2D eigenvalue weighted by atomic mass is 9.94. The minimum absolute atomic E-state index is 0.00353. The van der Waals surface area contributed by atoms with E-state index in [1.807, 2.05) is 0 Å². The molecule has 0 aromatic heterocycles. The molecule has 0 saturated heterocycles. The van der Waals surface area contributed by atoms with Crippen LogP contribution in [-0.2, 0) is 4.79 Å². The molecule has 18 heavy (non-hydrogen) atoms. The lowest BCUT2D eigenvalue weighted by Crippen LogP contribution is -2.39. The molecule has 0 unspecified atom stereocenters. The molecule has 0 aliphatic carbocycles. The molecule has 4 N–H and O–H groups in total. The van der Waals surface area contributed by atoms with Crippen LogP contribution in [0.2, 0.25) is 0 Å². The van der Waals surface area contributed by atoms with E-state index in [-0.39, 0.29) is 17.8 Å². The van der Waals surface area contributed by atoms with Gasteiger partial charge in [-0.1, -0.05) is 0 Å². The van der Waals surface area contributed by atoms with Crippen molar-refractivity contribution in [2.75, 3.05) is 12.3 Å². The zero-order valence-corrected chi connectivity index (χ0v) is 10.2. The summed E-state index contributed by atoms with van der Waals surface area (Å²) in [5.41, 5.74) is 4.58. The van der Waals surface area contributed by atoms with Gasteiger partial charge in [-0.05, 0) is 32.0 Å². The Bertz CT molecular complexity index is 486. The van der Waals surface area contributed by atoms with E-state index in [0.717, 1.165) is 12.1 Å². The standard InChI is InChI=1S/C12H15FN2O3/c1-12(2,11(17)18)6-15-10(16)8-5-7(13)3-4-9(8)14/h3-5H,6,14H2,1-2H3,(H,15,16)(H,17,18). The second-order valence-corrected chi connectivity index (χ2v) is 4.60. The summed E-state index contributed by atoms with van der Waals surface area (Å²) in [6.07, 6.45) is 0. The van der Waals surface area contributed by atoms with Gasteiger partial charge in [-0.3, -0.25) is 9.59 Å². The topological polar surface area (TPSA) is 92.4 Å². The van der Waals surface area contributed by atoms with Gasteiger partial charge in [-0.2, -0.15) is 0 Å². The molecule has 0 fully saturated rings. The quantitative estimate of drug-likeness (QED) is 0.705. The zero-order chi connectivity index (χ0) is 13.9. The Morgan fingerprint density at radius 3 is 2.61 bits per heavy atom. The largest absolute Gasteiger partial charge is 0.481 e. The molecule has 0 bridgehead atoms. The monoisotopic (exact) mass is 254 g/mol. The fourth-order valence-corrected chi connectivity index (χ4v) is 1.20. The van der Waals surface area contributed by atoms with E-state index in [0.29, 0.717) is 0 Å². The third kappa shape index (κ3) is 3.19. The van der Waals surface area contributed by atoms with Crippen molar-refractivity contribution in [3.63, 3.8) is 0 Å². The minimum Gasteiger partial charge on any atom is -0.481 e. The van der Waals surface area contributed by atoms with Crippen molar-refractivity contribution in [1.29, 1.82) is 0 Å². The summed E-state index contributed by atoms with van der Waals surface area (Å²) < 4.78 is 13.0. The normalized spacial score (nSPS) is 11.1. The van der Waals surface area contributed by atoms with Crippen LogP contribution in [-0.4, -0.2) is 23.5 Å². The first kappa shape index (κ1) is 14.0. The smallest absolute Gasteiger partial charge is 0.310 e. The fraction of sp³-hybridized carbons (Fsp3) is 0.333. The summed E-state index contributed by atoms with van der Waals surface area (Å²) in [6, 6.07) is 3.44. The van der Waals surface area contributed by atoms with E-state index in [1.165, 1.54) is 19.9 Å². The average Bonchev–Trinajstić information content (AvgIpc) is 2.29. The molecule has 0 atom stereocenters. The van der Waals surface area contributed by atoms with Crippen molar-refractivity contribution in [1.82, 2.24) is 5.32 Å². The second-order valence-electron chi connectivity index (χ2n) is 4.60. The number of carbonyl (C=O) groups excluding carboxylic acids is 1. The van der Waals surface area contributed by atoms with Gasteiger partial charge in [0.05, 0.1) is 11.0 Å². The molecule has 98 valence electrons. The average molecular weight is 254 g/mol. The lowest BCUT2D eigenvalue weighted by molar-refractivity contribution is -0.146.